The Labute approximate surface area is 309 Å². The van der Waals surface area contributed by atoms with Crippen molar-refractivity contribution >= 4 is 58.4 Å². The summed E-state index contributed by atoms with van der Waals surface area (Å²) in [6.07, 6.45) is 8.80. The quantitative estimate of drug-likeness (QED) is 0.133. The summed E-state index contributed by atoms with van der Waals surface area (Å²) in [6.45, 7) is 8.66. The standard InChI is InChI=1S/C50H44N2/c1-37-19-29-49(35-39(37)3)51(45-15-7-5-8-16-45)47-31-23-41(24-32-47)21-27-43-13-11-12-14-44(43)28-22-42-25-33-48(34-26-42)52(46-17-9-6-10-18-46)50-30-20-38(2)40(4)36-50/h5-36H,1-4H3. The molecule has 0 saturated heterocycles. The first kappa shape index (κ1) is 34.1. The molecule has 0 fully saturated rings. The van der Waals surface area contributed by atoms with E-state index < -0.39 is 0 Å². The smallest absolute Gasteiger partial charge is 0.0464 e. The van der Waals surface area contributed by atoms with Crippen LogP contribution in [0.2, 0.25) is 0 Å². The fourth-order valence-corrected chi connectivity index (χ4v) is 6.43. The molecular formula is C50H44N2. The molecule has 0 amide bonds. The number of rotatable bonds is 10. The second-order valence-corrected chi connectivity index (χ2v) is 13.4. The second kappa shape index (κ2) is 15.7. The number of hydrogen-bond acceptors (Lipinski definition) is 2. The molecule has 0 unspecified atom stereocenters. The first-order chi connectivity index (χ1) is 25.4. The van der Waals surface area contributed by atoms with E-state index in [2.05, 4.69) is 232 Å². The van der Waals surface area contributed by atoms with E-state index in [9.17, 15) is 0 Å². The van der Waals surface area contributed by atoms with Crippen LogP contribution in [0.25, 0.3) is 24.3 Å². The van der Waals surface area contributed by atoms with Crippen molar-refractivity contribution in [2.45, 2.75) is 27.7 Å². The molecule has 0 atom stereocenters. The van der Waals surface area contributed by atoms with E-state index in [0.29, 0.717) is 0 Å². The van der Waals surface area contributed by atoms with Gasteiger partial charge in [-0.15, -0.1) is 0 Å². The van der Waals surface area contributed by atoms with E-state index in [4.69, 9.17) is 0 Å². The maximum absolute atomic E-state index is 2.31. The largest absolute Gasteiger partial charge is 0.310 e. The number of nitrogens with zero attached hydrogens (tertiary/aromatic N) is 2. The third-order valence-corrected chi connectivity index (χ3v) is 9.74. The van der Waals surface area contributed by atoms with Gasteiger partial charge in [0, 0.05) is 34.1 Å². The van der Waals surface area contributed by atoms with Crippen molar-refractivity contribution in [3.8, 4) is 0 Å². The molecule has 52 heavy (non-hydrogen) atoms. The topological polar surface area (TPSA) is 6.48 Å². The molecule has 0 saturated carbocycles. The zero-order chi connectivity index (χ0) is 35.9. The van der Waals surface area contributed by atoms with Crippen LogP contribution in [0.5, 0.6) is 0 Å². The molecule has 254 valence electrons. The Morgan fingerprint density at radius 3 is 0.981 bits per heavy atom. The van der Waals surface area contributed by atoms with E-state index >= 15 is 0 Å². The molecule has 0 aliphatic heterocycles. The van der Waals surface area contributed by atoms with Crippen LogP contribution in [0.3, 0.4) is 0 Å². The normalized spacial score (nSPS) is 11.3. The molecular weight excluding hydrogens is 629 g/mol. The fourth-order valence-electron chi connectivity index (χ4n) is 6.43. The van der Waals surface area contributed by atoms with Gasteiger partial charge in [0.05, 0.1) is 0 Å². The summed E-state index contributed by atoms with van der Waals surface area (Å²) in [7, 11) is 0. The Kier molecular flexibility index (Phi) is 10.3. The van der Waals surface area contributed by atoms with Crippen LogP contribution in [0.1, 0.15) is 44.5 Å². The van der Waals surface area contributed by atoms with Crippen LogP contribution >= 0.6 is 0 Å². The highest BCUT2D eigenvalue weighted by atomic mass is 15.1. The molecule has 7 aromatic carbocycles. The highest BCUT2D eigenvalue weighted by Crippen LogP contribution is 2.37. The van der Waals surface area contributed by atoms with Crippen molar-refractivity contribution in [1.82, 2.24) is 0 Å². The molecule has 7 rings (SSSR count). The van der Waals surface area contributed by atoms with Gasteiger partial charge < -0.3 is 9.80 Å². The molecule has 0 N–H and O–H groups in total. The number of anilines is 6. The molecule has 0 bridgehead atoms. The maximum Gasteiger partial charge on any atom is 0.0464 e. The van der Waals surface area contributed by atoms with Gasteiger partial charge in [0.1, 0.15) is 0 Å². The Hall–Kier alpha value is -6.38. The van der Waals surface area contributed by atoms with Gasteiger partial charge in [-0.1, -0.05) is 121 Å². The van der Waals surface area contributed by atoms with Crippen molar-refractivity contribution < 1.29 is 0 Å². The lowest BCUT2D eigenvalue weighted by atomic mass is 10.0. The number of para-hydroxylation sites is 2. The van der Waals surface area contributed by atoms with Crippen LogP contribution in [0.4, 0.5) is 34.1 Å². The van der Waals surface area contributed by atoms with Crippen LogP contribution < -0.4 is 9.80 Å². The molecule has 0 spiro atoms. The summed E-state index contributed by atoms with van der Waals surface area (Å²) in [4.78, 5) is 4.63. The summed E-state index contributed by atoms with van der Waals surface area (Å²) in [6, 6.07) is 60.6. The van der Waals surface area contributed by atoms with Crippen molar-refractivity contribution in [2.75, 3.05) is 9.80 Å². The third kappa shape index (κ3) is 7.83. The lowest BCUT2D eigenvalue weighted by Crippen LogP contribution is -2.10. The number of hydrogen-bond donors (Lipinski definition) is 0. The van der Waals surface area contributed by atoms with Gasteiger partial charge in [-0.05, 0) is 145 Å². The molecule has 7 aromatic rings. The van der Waals surface area contributed by atoms with Crippen molar-refractivity contribution in [3.63, 3.8) is 0 Å². The van der Waals surface area contributed by atoms with E-state index in [1.165, 1.54) is 33.4 Å². The minimum Gasteiger partial charge on any atom is -0.310 e. The number of benzene rings is 7. The van der Waals surface area contributed by atoms with Crippen LogP contribution in [-0.4, -0.2) is 0 Å². The zero-order valence-corrected chi connectivity index (χ0v) is 30.4. The van der Waals surface area contributed by atoms with Gasteiger partial charge in [-0.3, -0.25) is 0 Å². The molecule has 0 aromatic heterocycles. The average molecular weight is 673 g/mol. The first-order valence-electron chi connectivity index (χ1n) is 17.9. The SMILES string of the molecule is Cc1ccc(N(c2ccccc2)c2ccc(C=Cc3ccccc3C=Cc3ccc(N(c4ccccc4)c4ccc(C)c(C)c4)cc3)cc2)cc1C. The molecule has 2 heteroatoms. The lowest BCUT2D eigenvalue weighted by Gasteiger charge is -2.26. The summed E-state index contributed by atoms with van der Waals surface area (Å²) >= 11 is 0. The van der Waals surface area contributed by atoms with Crippen LogP contribution in [-0.2, 0) is 0 Å². The average Bonchev–Trinajstić information content (AvgIpc) is 3.18. The fraction of sp³-hybridized carbons (Fsp3) is 0.0800. The Morgan fingerprint density at radius 1 is 0.288 bits per heavy atom. The lowest BCUT2D eigenvalue weighted by molar-refractivity contribution is 1.25. The highest BCUT2D eigenvalue weighted by Gasteiger charge is 2.14. The summed E-state index contributed by atoms with van der Waals surface area (Å²) in [5.41, 5.74) is 16.6. The molecule has 0 aliphatic carbocycles. The summed E-state index contributed by atoms with van der Waals surface area (Å²) in [5.74, 6) is 0. The van der Waals surface area contributed by atoms with Crippen molar-refractivity contribution in [1.29, 1.82) is 0 Å². The first-order valence-corrected chi connectivity index (χ1v) is 17.9. The monoisotopic (exact) mass is 672 g/mol. The summed E-state index contributed by atoms with van der Waals surface area (Å²) < 4.78 is 0. The van der Waals surface area contributed by atoms with E-state index in [0.717, 1.165) is 45.3 Å². The van der Waals surface area contributed by atoms with Gasteiger partial charge in [0.2, 0.25) is 0 Å². The van der Waals surface area contributed by atoms with Gasteiger partial charge in [0.15, 0.2) is 0 Å². The Balaban J connectivity index is 1.10. The summed E-state index contributed by atoms with van der Waals surface area (Å²) in [5, 5.41) is 0. The van der Waals surface area contributed by atoms with Gasteiger partial charge in [-0.2, -0.15) is 0 Å². The Bertz CT molecular complexity index is 2150. The molecule has 0 aliphatic rings. The highest BCUT2D eigenvalue weighted by molar-refractivity contribution is 5.82. The zero-order valence-electron chi connectivity index (χ0n) is 30.4. The van der Waals surface area contributed by atoms with Crippen molar-refractivity contribution in [3.05, 3.63) is 214 Å². The van der Waals surface area contributed by atoms with Crippen LogP contribution in [0, 0.1) is 27.7 Å². The minimum absolute atomic E-state index is 1.13. The maximum atomic E-state index is 2.31. The van der Waals surface area contributed by atoms with Gasteiger partial charge >= 0.3 is 0 Å². The van der Waals surface area contributed by atoms with Gasteiger partial charge in [0.25, 0.3) is 0 Å². The van der Waals surface area contributed by atoms with E-state index in [-0.39, 0.29) is 0 Å². The minimum atomic E-state index is 1.13. The third-order valence-electron chi connectivity index (χ3n) is 9.74. The molecule has 2 nitrogen and oxygen atoms in total. The van der Waals surface area contributed by atoms with Crippen molar-refractivity contribution in [2.24, 2.45) is 0 Å². The van der Waals surface area contributed by atoms with Crippen LogP contribution in [0.15, 0.2) is 170 Å². The van der Waals surface area contributed by atoms with Gasteiger partial charge in [-0.25, -0.2) is 0 Å². The molecule has 0 radical (unpaired) electrons. The van der Waals surface area contributed by atoms with E-state index in [1.807, 2.05) is 0 Å². The number of aryl methyl sites for hydroxylation is 4. The second-order valence-electron chi connectivity index (χ2n) is 13.4. The predicted octanol–water partition coefficient (Wildman–Crippen LogP) is 14.2. The Morgan fingerprint density at radius 2 is 0.615 bits per heavy atom. The molecule has 0 heterocycles. The predicted molar refractivity (Wildman–Crippen MR) is 225 cm³/mol. The van der Waals surface area contributed by atoms with E-state index in [1.54, 1.807) is 0 Å².